The van der Waals surface area contributed by atoms with Gasteiger partial charge in [0.1, 0.15) is 5.75 Å². The molecular weight excluding hydrogens is 394 g/mol. The first-order chi connectivity index (χ1) is 14.8. The van der Waals surface area contributed by atoms with Gasteiger partial charge in [0.15, 0.2) is 5.76 Å². The Morgan fingerprint density at radius 1 is 1.13 bits per heavy atom. The van der Waals surface area contributed by atoms with E-state index in [1.165, 1.54) is 0 Å². The maximum absolute atomic E-state index is 12.5. The summed E-state index contributed by atoms with van der Waals surface area (Å²) >= 11 is 0. The second-order valence-electron chi connectivity index (χ2n) is 8.47. The molecule has 7 nitrogen and oxygen atoms in total. The van der Waals surface area contributed by atoms with Gasteiger partial charge < -0.3 is 9.15 Å². The summed E-state index contributed by atoms with van der Waals surface area (Å²) in [6.07, 6.45) is 1.93. The second-order valence-corrected chi connectivity index (χ2v) is 8.47. The van der Waals surface area contributed by atoms with Crippen LogP contribution in [0.25, 0.3) is 22.8 Å². The number of urea groups is 1. The van der Waals surface area contributed by atoms with Crippen molar-refractivity contribution in [3.8, 4) is 28.5 Å². The summed E-state index contributed by atoms with van der Waals surface area (Å²) < 4.78 is 11.9. The van der Waals surface area contributed by atoms with Crippen LogP contribution in [0, 0.1) is 0 Å². The van der Waals surface area contributed by atoms with Gasteiger partial charge in [-0.3, -0.25) is 15.0 Å². The van der Waals surface area contributed by atoms with E-state index in [1.54, 1.807) is 18.2 Å². The molecule has 3 aromatic rings. The molecule has 160 valence electrons. The van der Waals surface area contributed by atoms with Crippen molar-refractivity contribution in [2.45, 2.75) is 32.6 Å². The van der Waals surface area contributed by atoms with E-state index in [0.717, 1.165) is 11.1 Å². The van der Waals surface area contributed by atoms with Crippen LogP contribution < -0.4 is 15.0 Å². The number of imide groups is 1. The van der Waals surface area contributed by atoms with E-state index in [0.29, 0.717) is 35.2 Å². The van der Waals surface area contributed by atoms with Crippen molar-refractivity contribution in [1.29, 1.82) is 0 Å². The number of ether oxygens (including phenoxy) is 1. The number of oxazole rings is 1. The highest BCUT2D eigenvalue weighted by molar-refractivity contribution is 6.06. The molecular formula is C24H25N3O4. The van der Waals surface area contributed by atoms with Crippen molar-refractivity contribution in [3.63, 3.8) is 0 Å². The Morgan fingerprint density at radius 2 is 1.87 bits per heavy atom. The maximum Gasteiger partial charge on any atom is 0.328 e. The molecule has 0 radical (unpaired) electrons. The molecule has 1 aromatic heterocycles. The fraction of sp³-hybridized carbons (Fsp3) is 0.292. The van der Waals surface area contributed by atoms with Gasteiger partial charge in [-0.2, -0.15) is 0 Å². The summed E-state index contributed by atoms with van der Waals surface area (Å²) in [6, 6.07) is 13.0. The molecule has 0 atom stereocenters. The van der Waals surface area contributed by atoms with Crippen LogP contribution in [-0.4, -0.2) is 30.6 Å². The topological polar surface area (TPSA) is 84.7 Å². The molecule has 2 aromatic carbocycles. The van der Waals surface area contributed by atoms with Crippen molar-refractivity contribution in [1.82, 2.24) is 10.3 Å². The van der Waals surface area contributed by atoms with E-state index in [4.69, 9.17) is 9.15 Å². The molecule has 1 saturated heterocycles. The number of rotatable bonds is 4. The monoisotopic (exact) mass is 419 g/mol. The van der Waals surface area contributed by atoms with Crippen molar-refractivity contribution in [3.05, 3.63) is 54.2 Å². The van der Waals surface area contributed by atoms with E-state index in [9.17, 15) is 9.59 Å². The van der Waals surface area contributed by atoms with Gasteiger partial charge in [0, 0.05) is 29.8 Å². The summed E-state index contributed by atoms with van der Waals surface area (Å²) in [5.74, 6) is 1.41. The van der Waals surface area contributed by atoms with Crippen molar-refractivity contribution in [2.24, 2.45) is 0 Å². The zero-order valence-electron chi connectivity index (χ0n) is 18.1. The molecule has 0 bridgehead atoms. The highest BCUT2D eigenvalue weighted by Crippen LogP contribution is 2.43. The van der Waals surface area contributed by atoms with Gasteiger partial charge in [0.05, 0.1) is 18.9 Å². The molecule has 1 N–H and O–H groups in total. The Bertz CT molecular complexity index is 1130. The van der Waals surface area contributed by atoms with Crippen LogP contribution in [-0.2, 0) is 10.2 Å². The second kappa shape index (κ2) is 7.91. The fourth-order valence-electron chi connectivity index (χ4n) is 3.65. The number of methoxy groups -OCH3 is 1. The van der Waals surface area contributed by atoms with Crippen LogP contribution in [0.15, 0.2) is 53.1 Å². The number of aromatic nitrogens is 1. The van der Waals surface area contributed by atoms with Crippen LogP contribution >= 0.6 is 0 Å². The summed E-state index contributed by atoms with van der Waals surface area (Å²) in [5, 5.41) is 2.38. The summed E-state index contributed by atoms with van der Waals surface area (Å²) in [5.41, 5.74) is 2.86. The lowest BCUT2D eigenvalue weighted by Gasteiger charge is -2.30. The summed E-state index contributed by atoms with van der Waals surface area (Å²) in [7, 11) is 1.61. The quantitative estimate of drug-likeness (QED) is 0.659. The number of hydrogen-bond donors (Lipinski definition) is 1. The first-order valence-electron chi connectivity index (χ1n) is 10.1. The predicted octanol–water partition coefficient (Wildman–Crippen LogP) is 4.76. The SMILES string of the molecule is COc1c(-c2ncc(-c3ccccc3)o2)cc(N2CCC(=O)NC2=O)cc1C(C)(C)C. The van der Waals surface area contributed by atoms with Crippen molar-refractivity contribution in [2.75, 3.05) is 18.6 Å². The van der Waals surface area contributed by atoms with Crippen molar-refractivity contribution < 1.29 is 18.7 Å². The van der Waals surface area contributed by atoms with Crippen LogP contribution in [0.3, 0.4) is 0 Å². The highest BCUT2D eigenvalue weighted by Gasteiger charge is 2.30. The lowest BCUT2D eigenvalue weighted by Crippen LogP contribution is -2.49. The number of benzene rings is 2. The normalized spacial score (nSPS) is 14.5. The van der Waals surface area contributed by atoms with Gasteiger partial charge in [-0.15, -0.1) is 0 Å². The standard InChI is InChI=1S/C24H25N3O4/c1-24(2,3)18-13-16(27-11-10-20(28)26-23(27)29)12-17(21(18)30-4)22-25-14-19(31-22)15-8-6-5-7-9-15/h5-9,12-14H,10-11H2,1-4H3,(H,26,28,29). The van der Waals surface area contributed by atoms with Gasteiger partial charge in [-0.1, -0.05) is 51.1 Å². The van der Waals surface area contributed by atoms with E-state index in [1.807, 2.05) is 42.5 Å². The third-order valence-corrected chi connectivity index (χ3v) is 5.25. The molecule has 0 spiro atoms. The molecule has 3 amide bonds. The van der Waals surface area contributed by atoms with Gasteiger partial charge in [-0.05, 0) is 17.5 Å². The van der Waals surface area contributed by atoms with Crippen molar-refractivity contribution >= 4 is 17.6 Å². The largest absolute Gasteiger partial charge is 0.496 e. The lowest BCUT2D eigenvalue weighted by molar-refractivity contribution is -0.120. The van der Waals surface area contributed by atoms with Gasteiger partial charge in [-0.25, -0.2) is 9.78 Å². The maximum atomic E-state index is 12.5. The van der Waals surface area contributed by atoms with E-state index in [-0.39, 0.29) is 17.7 Å². The van der Waals surface area contributed by atoms with E-state index in [2.05, 4.69) is 31.1 Å². The molecule has 0 saturated carbocycles. The smallest absolute Gasteiger partial charge is 0.328 e. The molecule has 7 heteroatoms. The average molecular weight is 419 g/mol. The third-order valence-electron chi connectivity index (χ3n) is 5.25. The molecule has 0 unspecified atom stereocenters. The number of nitrogens with zero attached hydrogens (tertiary/aromatic N) is 2. The molecule has 2 heterocycles. The zero-order valence-corrected chi connectivity index (χ0v) is 18.1. The number of carbonyl (C=O) groups is 2. The Labute approximate surface area is 181 Å². The zero-order chi connectivity index (χ0) is 22.2. The Morgan fingerprint density at radius 3 is 2.52 bits per heavy atom. The Balaban J connectivity index is 1.86. The van der Waals surface area contributed by atoms with E-state index >= 15 is 0 Å². The van der Waals surface area contributed by atoms with E-state index < -0.39 is 6.03 Å². The fourth-order valence-corrected chi connectivity index (χ4v) is 3.65. The van der Waals surface area contributed by atoms with Crippen LogP contribution in [0.2, 0.25) is 0 Å². The Hall–Kier alpha value is -3.61. The molecule has 1 fully saturated rings. The number of nitrogens with one attached hydrogen (secondary N) is 1. The first kappa shape index (κ1) is 20.7. The van der Waals surface area contributed by atoms with Gasteiger partial charge in [0.25, 0.3) is 0 Å². The minimum Gasteiger partial charge on any atom is -0.496 e. The molecule has 1 aliphatic rings. The lowest BCUT2D eigenvalue weighted by atomic mass is 9.84. The van der Waals surface area contributed by atoms with Crippen LogP contribution in [0.5, 0.6) is 5.75 Å². The van der Waals surface area contributed by atoms with Gasteiger partial charge in [0.2, 0.25) is 11.8 Å². The minimum absolute atomic E-state index is 0.245. The molecule has 1 aliphatic heterocycles. The molecule has 0 aliphatic carbocycles. The number of anilines is 1. The molecule has 4 rings (SSSR count). The van der Waals surface area contributed by atoms with Gasteiger partial charge >= 0.3 is 6.03 Å². The highest BCUT2D eigenvalue weighted by atomic mass is 16.5. The predicted molar refractivity (Wildman–Crippen MR) is 118 cm³/mol. The number of hydrogen-bond acceptors (Lipinski definition) is 5. The molecule has 31 heavy (non-hydrogen) atoms. The van der Waals surface area contributed by atoms with Crippen LogP contribution in [0.1, 0.15) is 32.8 Å². The summed E-state index contributed by atoms with van der Waals surface area (Å²) in [4.78, 5) is 30.1. The number of amides is 3. The number of carbonyl (C=O) groups excluding carboxylic acids is 2. The Kier molecular flexibility index (Phi) is 5.27. The average Bonchev–Trinajstić information content (AvgIpc) is 3.23. The van der Waals surface area contributed by atoms with Crippen LogP contribution in [0.4, 0.5) is 10.5 Å². The summed E-state index contributed by atoms with van der Waals surface area (Å²) in [6.45, 7) is 6.52. The third kappa shape index (κ3) is 4.03. The minimum atomic E-state index is -0.440. The first-order valence-corrected chi connectivity index (χ1v) is 10.1.